The molecule has 2 N–H and O–H groups in total. The quantitative estimate of drug-likeness (QED) is 0.830. The predicted octanol–water partition coefficient (Wildman–Crippen LogP) is 2.06. The molecule has 2 rings (SSSR count). The third-order valence-electron chi connectivity index (χ3n) is 2.83. The molecule has 0 fully saturated rings. The first-order chi connectivity index (χ1) is 10.1. The Morgan fingerprint density at radius 1 is 1.48 bits per heavy atom. The highest BCUT2D eigenvalue weighted by atomic mass is 79.9. The van der Waals surface area contributed by atoms with Crippen LogP contribution in [0.15, 0.2) is 23.1 Å². The van der Waals surface area contributed by atoms with E-state index in [1.807, 2.05) is 0 Å². The molecule has 1 amide bonds. The minimum Gasteiger partial charge on any atom is -0.369 e. The summed E-state index contributed by atoms with van der Waals surface area (Å²) in [5, 5.41) is 9.68. The molecule has 2 aromatic rings. The molecule has 0 aromatic carbocycles. The summed E-state index contributed by atoms with van der Waals surface area (Å²) in [6.07, 6.45) is 4.05. The third kappa shape index (κ3) is 4.01. The number of aromatic amines is 1. The number of H-pyrrole nitrogens is 1. The van der Waals surface area contributed by atoms with Crippen LogP contribution in [-0.2, 0) is 6.54 Å². The second-order valence-corrected chi connectivity index (χ2v) is 5.49. The van der Waals surface area contributed by atoms with Gasteiger partial charge in [-0.25, -0.2) is 9.97 Å². The first-order valence-corrected chi connectivity index (χ1v) is 7.40. The molecule has 2 aromatic heterocycles. The van der Waals surface area contributed by atoms with Crippen LogP contribution in [0.4, 0.5) is 5.82 Å². The van der Waals surface area contributed by atoms with E-state index in [9.17, 15) is 4.79 Å². The second-order valence-electron chi connectivity index (χ2n) is 4.57. The Balaban J connectivity index is 2.18. The van der Waals surface area contributed by atoms with Gasteiger partial charge >= 0.3 is 0 Å². The summed E-state index contributed by atoms with van der Waals surface area (Å²) in [5.41, 5.74) is 0.528. The number of aromatic nitrogens is 4. The van der Waals surface area contributed by atoms with Crippen molar-refractivity contribution >= 4 is 27.7 Å². The average molecular weight is 353 g/mol. The van der Waals surface area contributed by atoms with Crippen LogP contribution in [0.3, 0.4) is 0 Å². The van der Waals surface area contributed by atoms with Crippen molar-refractivity contribution in [3.63, 3.8) is 0 Å². The summed E-state index contributed by atoms with van der Waals surface area (Å²) < 4.78 is 0.765. The fraction of sp³-hybridized carbons (Fsp3) is 0.385. The first-order valence-electron chi connectivity index (χ1n) is 6.61. The SMILES string of the molecule is CCCNc1ncc(Br)cc1C(=O)N(C)Cc1ncn[nH]1. The molecule has 8 heteroatoms. The second kappa shape index (κ2) is 7.16. The van der Waals surface area contributed by atoms with Crippen molar-refractivity contribution in [1.29, 1.82) is 0 Å². The molecule has 0 aliphatic heterocycles. The normalized spacial score (nSPS) is 10.4. The molecule has 0 aliphatic carbocycles. The van der Waals surface area contributed by atoms with E-state index in [1.54, 1.807) is 24.2 Å². The molecule has 0 spiro atoms. The van der Waals surface area contributed by atoms with Crippen LogP contribution in [0, 0.1) is 0 Å². The Hall–Kier alpha value is -1.96. The summed E-state index contributed by atoms with van der Waals surface area (Å²) in [7, 11) is 1.72. The summed E-state index contributed by atoms with van der Waals surface area (Å²) >= 11 is 3.35. The number of nitrogens with zero attached hydrogens (tertiary/aromatic N) is 4. The number of anilines is 1. The molecule has 0 saturated heterocycles. The van der Waals surface area contributed by atoms with Crippen molar-refractivity contribution in [2.24, 2.45) is 0 Å². The lowest BCUT2D eigenvalue weighted by molar-refractivity contribution is 0.0782. The zero-order valence-corrected chi connectivity index (χ0v) is 13.5. The molecule has 2 heterocycles. The van der Waals surface area contributed by atoms with E-state index in [-0.39, 0.29) is 5.91 Å². The van der Waals surface area contributed by atoms with Crippen LogP contribution in [-0.4, -0.2) is 44.6 Å². The standard InChI is InChI=1S/C13H17BrN6O/c1-3-4-15-12-10(5-9(14)6-16-12)13(21)20(2)7-11-17-8-18-19-11/h5-6,8H,3-4,7H2,1-2H3,(H,15,16)(H,17,18,19). The van der Waals surface area contributed by atoms with Crippen molar-refractivity contribution in [2.45, 2.75) is 19.9 Å². The number of amides is 1. The first kappa shape index (κ1) is 15.4. The van der Waals surface area contributed by atoms with Crippen molar-refractivity contribution in [1.82, 2.24) is 25.1 Å². The van der Waals surface area contributed by atoms with Gasteiger partial charge < -0.3 is 10.2 Å². The van der Waals surface area contributed by atoms with Gasteiger partial charge in [0.15, 0.2) is 0 Å². The number of hydrogen-bond donors (Lipinski definition) is 2. The Morgan fingerprint density at radius 3 is 2.95 bits per heavy atom. The molecule has 21 heavy (non-hydrogen) atoms. The fourth-order valence-electron chi connectivity index (χ4n) is 1.80. The molecule has 112 valence electrons. The van der Waals surface area contributed by atoms with E-state index in [0.29, 0.717) is 23.8 Å². The van der Waals surface area contributed by atoms with E-state index >= 15 is 0 Å². The Bertz CT molecular complexity index is 601. The molecule has 0 radical (unpaired) electrons. The predicted molar refractivity (Wildman–Crippen MR) is 82.9 cm³/mol. The van der Waals surface area contributed by atoms with Crippen LogP contribution < -0.4 is 5.32 Å². The van der Waals surface area contributed by atoms with Gasteiger partial charge in [0.1, 0.15) is 18.0 Å². The molecule has 0 saturated carbocycles. The average Bonchev–Trinajstić information content (AvgIpc) is 2.98. The lowest BCUT2D eigenvalue weighted by Gasteiger charge is -2.18. The molecule has 7 nitrogen and oxygen atoms in total. The van der Waals surface area contributed by atoms with Gasteiger partial charge in [-0.05, 0) is 28.4 Å². The van der Waals surface area contributed by atoms with Crippen molar-refractivity contribution in [3.05, 3.63) is 34.5 Å². The zero-order chi connectivity index (χ0) is 15.2. The van der Waals surface area contributed by atoms with Gasteiger partial charge in [0.25, 0.3) is 5.91 Å². The van der Waals surface area contributed by atoms with Crippen LogP contribution in [0.1, 0.15) is 29.5 Å². The lowest BCUT2D eigenvalue weighted by atomic mass is 10.2. The van der Waals surface area contributed by atoms with E-state index in [4.69, 9.17) is 0 Å². The Labute approximate surface area is 131 Å². The maximum atomic E-state index is 12.6. The highest BCUT2D eigenvalue weighted by molar-refractivity contribution is 9.10. The van der Waals surface area contributed by atoms with E-state index < -0.39 is 0 Å². The monoisotopic (exact) mass is 352 g/mol. The number of nitrogens with one attached hydrogen (secondary N) is 2. The van der Waals surface area contributed by atoms with Gasteiger partial charge in [0.2, 0.25) is 0 Å². The van der Waals surface area contributed by atoms with Crippen LogP contribution in [0.25, 0.3) is 0 Å². The van der Waals surface area contributed by atoms with E-state index in [2.05, 4.69) is 48.3 Å². The topological polar surface area (TPSA) is 86.8 Å². The summed E-state index contributed by atoms with van der Waals surface area (Å²) in [4.78, 5) is 22.4. The minimum atomic E-state index is -0.126. The van der Waals surface area contributed by atoms with Crippen LogP contribution >= 0.6 is 15.9 Å². The zero-order valence-electron chi connectivity index (χ0n) is 11.9. The van der Waals surface area contributed by atoms with Crippen LogP contribution in [0.5, 0.6) is 0 Å². The lowest BCUT2D eigenvalue weighted by Crippen LogP contribution is -2.28. The maximum absolute atomic E-state index is 12.6. The highest BCUT2D eigenvalue weighted by Gasteiger charge is 2.18. The number of rotatable bonds is 6. The summed E-state index contributed by atoms with van der Waals surface area (Å²) in [5.74, 6) is 1.10. The van der Waals surface area contributed by atoms with Gasteiger partial charge in [-0.15, -0.1) is 0 Å². The van der Waals surface area contributed by atoms with Crippen molar-refractivity contribution in [2.75, 3.05) is 18.9 Å². The van der Waals surface area contributed by atoms with Gasteiger partial charge in [0.05, 0.1) is 12.1 Å². The smallest absolute Gasteiger partial charge is 0.257 e. The van der Waals surface area contributed by atoms with E-state index in [0.717, 1.165) is 17.4 Å². The fourth-order valence-corrected chi connectivity index (χ4v) is 2.13. The number of carbonyl (C=O) groups is 1. The van der Waals surface area contributed by atoms with E-state index in [1.165, 1.54) is 6.33 Å². The third-order valence-corrected chi connectivity index (χ3v) is 3.26. The molecule has 0 bridgehead atoms. The van der Waals surface area contributed by atoms with Gasteiger partial charge in [-0.3, -0.25) is 9.89 Å². The summed E-state index contributed by atoms with van der Waals surface area (Å²) in [6.45, 7) is 3.18. The van der Waals surface area contributed by atoms with Crippen molar-refractivity contribution in [3.8, 4) is 0 Å². The Kier molecular flexibility index (Phi) is 5.26. The molecule has 0 atom stereocenters. The minimum absolute atomic E-state index is 0.126. The largest absolute Gasteiger partial charge is 0.369 e. The Morgan fingerprint density at radius 2 is 2.29 bits per heavy atom. The van der Waals surface area contributed by atoms with Crippen molar-refractivity contribution < 1.29 is 4.79 Å². The number of carbonyl (C=O) groups excluding carboxylic acids is 1. The van der Waals surface area contributed by atoms with Gasteiger partial charge in [-0.2, -0.15) is 5.10 Å². The number of halogens is 1. The molecular formula is C13H17BrN6O. The van der Waals surface area contributed by atoms with Gasteiger partial charge in [-0.1, -0.05) is 6.92 Å². The molecule has 0 aliphatic rings. The summed E-state index contributed by atoms with van der Waals surface area (Å²) in [6, 6.07) is 1.77. The van der Waals surface area contributed by atoms with Gasteiger partial charge in [0, 0.05) is 24.3 Å². The highest BCUT2D eigenvalue weighted by Crippen LogP contribution is 2.20. The number of pyridine rings is 1. The molecular weight excluding hydrogens is 336 g/mol. The van der Waals surface area contributed by atoms with Crippen LogP contribution in [0.2, 0.25) is 0 Å². The number of hydrogen-bond acceptors (Lipinski definition) is 5. The maximum Gasteiger partial charge on any atom is 0.257 e. The molecule has 0 unspecified atom stereocenters.